The molecule has 0 bridgehead atoms. The van der Waals surface area contributed by atoms with Crippen molar-refractivity contribution in [1.82, 2.24) is 0 Å². The van der Waals surface area contributed by atoms with Gasteiger partial charge in [-0.1, -0.05) is 0 Å². The molecule has 0 saturated heterocycles. The van der Waals surface area contributed by atoms with E-state index in [4.69, 9.17) is 0 Å². The van der Waals surface area contributed by atoms with Crippen LogP contribution in [0.25, 0.3) is 0 Å². The third-order valence-electron chi connectivity index (χ3n) is 2.70. The summed E-state index contributed by atoms with van der Waals surface area (Å²) in [6.45, 7) is 2.09. The molecule has 76 valence electrons. The Morgan fingerprint density at radius 1 is 1.27 bits per heavy atom. The number of hydrogen-bond donors (Lipinski definition) is 1. The SMILES string of the molecule is C[C]1=CC(O)=[CH][In]1[CH2]c1ccc(F)cc1. The van der Waals surface area contributed by atoms with Crippen LogP contribution in [0.3, 0.4) is 0 Å². The van der Waals surface area contributed by atoms with E-state index in [1.165, 1.54) is 21.0 Å². The Kier molecular flexibility index (Phi) is 3.20. The van der Waals surface area contributed by atoms with Crippen LogP contribution < -0.4 is 0 Å². The molecule has 1 N–H and O–H groups in total. The van der Waals surface area contributed by atoms with E-state index in [0.717, 1.165) is 4.18 Å². The van der Waals surface area contributed by atoms with Crippen LogP contribution >= 0.6 is 0 Å². The number of benzene rings is 1. The van der Waals surface area contributed by atoms with E-state index in [1.54, 1.807) is 0 Å². The van der Waals surface area contributed by atoms with E-state index in [1.807, 2.05) is 22.0 Å². The first-order valence-electron chi connectivity index (χ1n) is 4.98. The van der Waals surface area contributed by atoms with Gasteiger partial charge in [0.05, 0.1) is 0 Å². The molecule has 1 nitrogen and oxygen atoms in total. The molecule has 0 aromatic heterocycles. The quantitative estimate of drug-likeness (QED) is 0.891. The van der Waals surface area contributed by atoms with Crippen LogP contribution in [0.2, 0.25) is 0 Å². The summed E-state index contributed by atoms with van der Waals surface area (Å²) in [5.74, 6) is 0.237. The van der Waals surface area contributed by atoms with Crippen molar-refractivity contribution in [2.24, 2.45) is 0 Å². The molecule has 2 rings (SSSR count). The Morgan fingerprint density at radius 2 is 1.93 bits per heavy atom. The van der Waals surface area contributed by atoms with Gasteiger partial charge in [-0.25, -0.2) is 0 Å². The zero-order valence-corrected chi connectivity index (χ0v) is 11.9. The molecule has 0 aliphatic carbocycles. The second kappa shape index (κ2) is 4.44. The maximum atomic E-state index is 12.7. The molecule has 0 spiro atoms. The summed E-state index contributed by atoms with van der Waals surface area (Å²) in [5, 5.41) is 9.37. The van der Waals surface area contributed by atoms with E-state index in [2.05, 4.69) is 6.92 Å². The van der Waals surface area contributed by atoms with E-state index in [-0.39, 0.29) is 5.82 Å². The number of hydrogen-bond acceptors (Lipinski definition) is 1. The van der Waals surface area contributed by atoms with Gasteiger partial charge in [0, 0.05) is 0 Å². The molecule has 1 aromatic rings. The van der Waals surface area contributed by atoms with Gasteiger partial charge in [-0.3, -0.25) is 0 Å². The summed E-state index contributed by atoms with van der Waals surface area (Å²) in [6.07, 6.45) is 1.87. The first-order valence-corrected chi connectivity index (χ1v) is 10.9. The van der Waals surface area contributed by atoms with Gasteiger partial charge in [0.2, 0.25) is 0 Å². The van der Waals surface area contributed by atoms with Crippen LogP contribution in [0.5, 0.6) is 0 Å². The maximum absolute atomic E-state index is 12.7. The monoisotopic (exact) mass is 306 g/mol. The van der Waals surface area contributed by atoms with Gasteiger partial charge in [-0.05, 0) is 0 Å². The van der Waals surface area contributed by atoms with E-state index in [0.29, 0.717) is 5.76 Å². The van der Waals surface area contributed by atoms with Gasteiger partial charge in [-0.15, -0.1) is 0 Å². The molecule has 3 heteroatoms. The molecule has 0 radical (unpaired) electrons. The van der Waals surface area contributed by atoms with Gasteiger partial charge in [0.25, 0.3) is 0 Å². The molecule has 0 atom stereocenters. The van der Waals surface area contributed by atoms with Crippen LogP contribution in [0.15, 0.2) is 43.3 Å². The molecule has 1 aliphatic heterocycles. The van der Waals surface area contributed by atoms with Gasteiger partial charge in [0.15, 0.2) is 0 Å². The molecule has 1 heterocycles. The Bertz CT molecular complexity index is 420. The van der Waals surface area contributed by atoms with E-state index < -0.39 is 21.4 Å². The summed E-state index contributed by atoms with van der Waals surface area (Å²) in [6, 6.07) is 6.67. The van der Waals surface area contributed by atoms with Crippen molar-refractivity contribution < 1.29 is 9.50 Å². The third kappa shape index (κ3) is 2.65. The molecule has 1 aliphatic rings. The Labute approximate surface area is 96.5 Å². The standard InChI is InChI=1S/C7H6F.C5H6O.In/c1-6-2-4-7(8)5-3-6;1-3-4-5(2)6;/h2-5H,1H2;2,4,6H,1H3;. The van der Waals surface area contributed by atoms with Crippen molar-refractivity contribution in [1.29, 1.82) is 0 Å². The van der Waals surface area contributed by atoms with Crippen molar-refractivity contribution in [2.45, 2.75) is 11.1 Å². The van der Waals surface area contributed by atoms with Crippen molar-refractivity contribution in [2.75, 3.05) is 0 Å². The molecule has 0 saturated carbocycles. The topological polar surface area (TPSA) is 20.2 Å². The first kappa shape index (κ1) is 10.8. The average Bonchev–Trinajstić information content (AvgIpc) is 2.49. The molecular weight excluding hydrogens is 294 g/mol. The number of rotatable bonds is 2. The summed E-state index contributed by atoms with van der Waals surface area (Å²) < 4.78 is 17.1. The summed E-state index contributed by atoms with van der Waals surface area (Å²) in [7, 11) is 0. The van der Waals surface area contributed by atoms with Crippen molar-refractivity contribution in [3.8, 4) is 0 Å². The molecule has 0 fully saturated rings. The van der Waals surface area contributed by atoms with Gasteiger partial charge < -0.3 is 0 Å². The van der Waals surface area contributed by atoms with Crippen LogP contribution in [0.4, 0.5) is 4.39 Å². The van der Waals surface area contributed by atoms with Gasteiger partial charge in [0.1, 0.15) is 0 Å². The Morgan fingerprint density at radius 3 is 2.47 bits per heavy atom. The number of halogens is 1. The first-order chi connectivity index (χ1) is 7.15. The predicted molar refractivity (Wildman–Crippen MR) is 60.3 cm³/mol. The Balaban J connectivity index is 2.10. The molecule has 15 heavy (non-hydrogen) atoms. The van der Waals surface area contributed by atoms with Crippen molar-refractivity contribution >= 4 is 21.4 Å². The van der Waals surface area contributed by atoms with Crippen LogP contribution in [0.1, 0.15) is 12.5 Å². The second-order valence-corrected chi connectivity index (χ2v) is 12.1. The summed E-state index contributed by atoms with van der Waals surface area (Å²) in [5.41, 5.74) is 1.18. The fourth-order valence-corrected chi connectivity index (χ4v) is 8.60. The molecular formula is C12H12FInO. The minimum atomic E-state index is -1.86. The van der Waals surface area contributed by atoms with Crippen LogP contribution in [-0.2, 0) is 4.18 Å². The number of allylic oxidation sites excluding steroid dienone is 2. The number of aliphatic hydroxyl groups excluding tert-OH is 1. The summed E-state index contributed by atoms with van der Waals surface area (Å²) >= 11 is -1.86. The zero-order chi connectivity index (χ0) is 10.8. The minimum absolute atomic E-state index is 0.189. The van der Waals surface area contributed by atoms with Gasteiger partial charge in [-0.2, -0.15) is 0 Å². The Hall–Kier alpha value is -0.700. The van der Waals surface area contributed by atoms with Crippen LogP contribution in [-0.4, -0.2) is 26.5 Å². The summed E-state index contributed by atoms with van der Waals surface area (Å²) in [4.78, 5) is 0. The number of aliphatic hydroxyl groups is 1. The predicted octanol–water partition coefficient (Wildman–Crippen LogP) is 2.88. The molecule has 0 unspecified atom stereocenters. The normalized spacial score (nSPS) is 15.2. The van der Waals surface area contributed by atoms with E-state index >= 15 is 0 Å². The third-order valence-corrected chi connectivity index (χ3v) is 11.2. The molecule has 1 aromatic carbocycles. The van der Waals surface area contributed by atoms with Crippen molar-refractivity contribution in [3.63, 3.8) is 0 Å². The fraction of sp³-hybridized carbons (Fsp3) is 0.167. The molecule has 0 amide bonds. The van der Waals surface area contributed by atoms with Crippen molar-refractivity contribution in [3.05, 3.63) is 54.6 Å². The average molecular weight is 306 g/mol. The fourth-order valence-electron chi connectivity index (χ4n) is 1.82. The zero-order valence-electron chi connectivity index (χ0n) is 8.57. The second-order valence-electron chi connectivity index (χ2n) is 3.92. The van der Waals surface area contributed by atoms with E-state index in [9.17, 15) is 9.50 Å². The van der Waals surface area contributed by atoms with Gasteiger partial charge >= 0.3 is 96.7 Å². The van der Waals surface area contributed by atoms with Crippen LogP contribution in [0, 0.1) is 5.82 Å².